The minimum Gasteiger partial charge on any atom is -0.310 e. The zero-order chi connectivity index (χ0) is 14.7. The Morgan fingerprint density at radius 3 is 3.05 bits per heavy atom. The first-order valence-corrected chi connectivity index (χ1v) is 8.41. The van der Waals surface area contributed by atoms with E-state index in [0.717, 1.165) is 28.4 Å². The average molecular weight is 303 g/mol. The van der Waals surface area contributed by atoms with Gasteiger partial charge in [-0.05, 0) is 42.5 Å². The third-order valence-corrected chi connectivity index (χ3v) is 5.07. The maximum absolute atomic E-state index is 6.26. The molecule has 1 N–H and O–H groups in total. The van der Waals surface area contributed by atoms with Gasteiger partial charge in [-0.15, -0.1) is 0 Å². The summed E-state index contributed by atoms with van der Waals surface area (Å²) < 4.78 is 0. The highest BCUT2D eigenvalue weighted by Gasteiger charge is 2.20. The van der Waals surface area contributed by atoms with Crippen molar-refractivity contribution in [3.05, 3.63) is 41.0 Å². The van der Waals surface area contributed by atoms with Crippen molar-refractivity contribution >= 4 is 22.5 Å². The quantitative estimate of drug-likeness (QED) is 0.864. The number of nitrogens with one attached hydrogen (secondary N) is 1. The van der Waals surface area contributed by atoms with Gasteiger partial charge in [0.1, 0.15) is 0 Å². The second-order valence-electron chi connectivity index (χ2n) is 6.12. The van der Waals surface area contributed by atoms with E-state index >= 15 is 0 Å². The van der Waals surface area contributed by atoms with Gasteiger partial charge in [0.15, 0.2) is 0 Å². The van der Waals surface area contributed by atoms with Crippen LogP contribution in [-0.4, -0.2) is 11.0 Å². The molecule has 0 aliphatic heterocycles. The van der Waals surface area contributed by atoms with Crippen molar-refractivity contribution in [3.8, 4) is 0 Å². The second-order valence-corrected chi connectivity index (χ2v) is 6.53. The Morgan fingerprint density at radius 2 is 2.19 bits per heavy atom. The number of aromatic nitrogens is 1. The molecule has 0 spiro atoms. The Labute approximate surface area is 131 Å². The van der Waals surface area contributed by atoms with E-state index in [1.807, 2.05) is 24.4 Å². The van der Waals surface area contributed by atoms with Crippen molar-refractivity contribution in [2.24, 2.45) is 5.92 Å². The summed E-state index contributed by atoms with van der Waals surface area (Å²) in [6, 6.07) is 8.72. The third kappa shape index (κ3) is 3.38. The lowest BCUT2D eigenvalue weighted by molar-refractivity contribution is 0.278. The standard InChI is InChI=1S/C18H23ClN2/c1-2-13-5-3-6-15(11-13)21-12-14-8-9-17(19)16-7-4-10-20-18(14)16/h4,7-10,13,15,21H,2-3,5-6,11-12H2,1H3. The Hall–Kier alpha value is -1.12. The van der Waals surface area contributed by atoms with E-state index < -0.39 is 0 Å². The molecule has 2 aromatic rings. The fourth-order valence-corrected chi connectivity index (χ4v) is 3.66. The summed E-state index contributed by atoms with van der Waals surface area (Å²) in [5, 5.41) is 5.56. The zero-order valence-corrected chi connectivity index (χ0v) is 13.4. The first kappa shape index (κ1) is 14.8. The van der Waals surface area contributed by atoms with Crippen molar-refractivity contribution in [2.45, 2.75) is 51.6 Å². The third-order valence-electron chi connectivity index (χ3n) is 4.74. The SMILES string of the molecule is CCC1CCCC(NCc2ccc(Cl)c3cccnc23)C1. The molecule has 1 heterocycles. The van der Waals surface area contributed by atoms with Crippen LogP contribution in [0.2, 0.25) is 5.02 Å². The molecule has 0 saturated heterocycles. The largest absolute Gasteiger partial charge is 0.310 e. The fourth-order valence-electron chi connectivity index (χ4n) is 3.44. The van der Waals surface area contributed by atoms with Gasteiger partial charge < -0.3 is 5.32 Å². The van der Waals surface area contributed by atoms with Crippen LogP contribution in [0.3, 0.4) is 0 Å². The number of nitrogens with zero attached hydrogens (tertiary/aromatic N) is 1. The first-order valence-electron chi connectivity index (χ1n) is 8.03. The fraction of sp³-hybridized carbons (Fsp3) is 0.500. The van der Waals surface area contributed by atoms with E-state index in [9.17, 15) is 0 Å². The Kier molecular flexibility index (Phi) is 4.77. The van der Waals surface area contributed by atoms with Gasteiger partial charge in [-0.25, -0.2) is 0 Å². The lowest BCUT2D eigenvalue weighted by atomic mass is 9.84. The first-order chi connectivity index (χ1) is 10.3. The van der Waals surface area contributed by atoms with Crippen molar-refractivity contribution < 1.29 is 0 Å². The minimum absolute atomic E-state index is 0.651. The van der Waals surface area contributed by atoms with Crippen LogP contribution in [-0.2, 0) is 6.54 Å². The normalized spacial score (nSPS) is 22.6. The Balaban J connectivity index is 1.72. The lowest BCUT2D eigenvalue weighted by Gasteiger charge is -2.29. The van der Waals surface area contributed by atoms with Gasteiger partial charge in [0.25, 0.3) is 0 Å². The molecule has 3 rings (SSSR count). The predicted molar refractivity (Wildman–Crippen MR) is 89.6 cm³/mol. The molecule has 0 radical (unpaired) electrons. The summed E-state index contributed by atoms with van der Waals surface area (Å²) in [5.74, 6) is 0.899. The van der Waals surface area contributed by atoms with E-state index in [0.29, 0.717) is 6.04 Å². The summed E-state index contributed by atoms with van der Waals surface area (Å²) in [4.78, 5) is 4.51. The summed E-state index contributed by atoms with van der Waals surface area (Å²) in [7, 11) is 0. The van der Waals surface area contributed by atoms with Gasteiger partial charge >= 0.3 is 0 Å². The molecule has 0 amide bonds. The highest BCUT2D eigenvalue weighted by atomic mass is 35.5. The molecule has 112 valence electrons. The van der Waals surface area contributed by atoms with E-state index in [1.54, 1.807) is 0 Å². The molecule has 0 bridgehead atoms. The van der Waals surface area contributed by atoms with Crippen molar-refractivity contribution in [3.63, 3.8) is 0 Å². The van der Waals surface area contributed by atoms with Gasteiger partial charge in [0, 0.05) is 29.2 Å². The monoisotopic (exact) mass is 302 g/mol. The van der Waals surface area contributed by atoms with E-state index in [1.165, 1.54) is 37.7 Å². The molecular formula is C18H23ClN2. The number of pyridine rings is 1. The summed E-state index contributed by atoms with van der Waals surface area (Å²) >= 11 is 6.26. The topological polar surface area (TPSA) is 24.9 Å². The predicted octanol–water partition coefficient (Wildman–Crippen LogP) is 4.95. The minimum atomic E-state index is 0.651. The molecule has 1 fully saturated rings. The number of rotatable bonds is 4. The molecule has 1 saturated carbocycles. The van der Waals surface area contributed by atoms with E-state index in [4.69, 9.17) is 11.6 Å². The van der Waals surface area contributed by atoms with Crippen LogP contribution in [0.25, 0.3) is 10.9 Å². The van der Waals surface area contributed by atoms with Crippen LogP contribution in [0.15, 0.2) is 30.5 Å². The summed E-state index contributed by atoms with van der Waals surface area (Å²) in [5.41, 5.74) is 2.27. The van der Waals surface area contributed by atoms with Crippen molar-refractivity contribution in [1.82, 2.24) is 10.3 Å². The molecule has 2 atom stereocenters. The lowest BCUT2D eigenvalue weighted by Crippen LogP contribution is -2.33. The average Bonchev–Trinajstić information content (AvgIpc) is 2.55. The summed E-state index contributed by atoms with van der Waals surface area (Å²) in [6.45, 7) is 3.19. The molecule has 1 aromatic carbocycles. The maximum atomic E-state index is 6.26. The highest BCUT2D eigenvalue weighted by molar-refractivity contribution is 6.35. The Morgan fingerprint density at radius 1 is 1.29 bits per heavy atom. The molecule has 2 nitrogen and oxygen atoms in total. The van der Waals surface area contributed by atoms with Crippen LogP contribution in [0, 0.1) is 5.92 Å². The van der Waals surface area contributed by atoms with Crippen LogP contribution in [0.5, 0.6) is 0 Å². The maximum Gasteiger partial charge on any atom is 0.0761 e. The van der Waals surface area contributed by atoms with Crippen LogP contribution < -0.4 is 5.32 Å². The highest BCUT2D eigenvalue weighted by Crippen LogP contribution is 2.28. The molecule has 1 aromatic heterocycles. The molecule has 1 aliphatic carbocycles. The van der Waals surface area contributed by atoms with Gasteiger partial charge in [-0.3, -0.25) is 4.98 Å². The van der Waals surface area contributed by atoms with Crippen LogP contribution in [0.1, 0.15) is 44.6 Å². The number of fused-ring (bicyclic) bond motifs is 1. The number of hydrogen-bond acceptors (Lipinski definition) is 2. The molecule has 21 heavy (non-hydrogen) atoms. The molecule has 2 unspecified atom stereocenters. The van der Waals surface area contributed by atoms with Crippen LogP contribution >= 0.6 is 11.6 Å². The second kappa shape index (κ2) is 6.76. The Bertz CT molecular complexity index is 611. The molecular weight excluding hydrogens is 280 g/mol. The smallest absolute Gasteiger partial charge is 0.0761 e. The van der Waals surface area contributed by atoms with Crippen molar-refractivity contribution in [1.29, 1.82) is 0 Å². The van der Waals surface area contributed by atoms with Crippen LogP contribution in [0.4, 0.5) is 0 Å². The van der Waals surface area contributed by atoms with E-state index in [2.05, 4.69) is 23.3 Å². The molecule has 1 aliphatic rings. The number of hydrogen-bond donors (Lipinski definition) is 1. The molecule has 3 heteroatoms. The van der Waals surface area contributed by atoms with Gasteiger partial charge in [-0.1, -0.05) is 43.9 Å². The summed E-state index contributed by atoms with van der Waals surface area (Å²) in [6.07, 6.45) is 8.53. The van der Waals surface area contributed by atoms with Crippen molar-refractivity contribution in [2.75, 3.05) is 0 Å². The van der Waals surface area contributed by atoms with Gasteiger partial charge in [0.05, 0.1) is 5.52 Å². The number of halogens is 1. The van der Waals surface area contributed by atoms with Gasteiger partial charge in [0.2, 0.25) is 0 Å². The number of benzene rings is 1. The van der Waals surface area contributed by atoms with Gasteiger partial charge in [-0.2, -0.15) is 0 Å². The van der Waals surface area contributed by atoms with E-state index in [-0.39, 0.29) is 0 Å². The zero-order valence-electron chi connectivity index (χ0n) is 12.6.